The van der Waals surface area contributed by atoms with E-state index in [-0.39, 0.29) is 0 Å². The number of aromatic nitrogens is 1. The first-order chi connectivity index (χ1) is 10.0. The molecule has 1 aliphatic carbocycles. The van der Waals surface area contributed by atoms with Crippen molar-refractivity contribution in [2.75, 3.05) is 0 Å². The predicted octanol–water partition coefficient (Wildman–Crippen LogP) is 4.77. The fraction of sp³-hybridized carbons (Fsp3) is 0.412. The van der Waals surface area contributed by atoms with Gasteiger partial charge in [-0.1, -0.05) is 26.0 Å². The average Bonchev–Trinajstić information content (AvgIpc) is 2.44. The summed E-state index contributed by atoms with van der Waals surface area (Å²) >= 11 is 3.51. The Hall–Kier alpha value is -1.42. The van der Waals surface area contributed by atoms with Gasteiger partial charge in [0.05, 0.1) is 11.1 Å². The monoisotopic (exact) mass is 347 g/mol. The molecule has 2 aromatic rings. The maximum Gasteiger partial charge on any atom is 0.336 e. The van der Waals surface area contributed by atoms with Gasteiger partial charge in [0, 0.05) is 21.5 Å². The molecule has 110 valence electrons. The van der Waals surface area contributed by atoms with E-state index in [2.05, 4.69) is 29.8 Å². The van der Waals surface area contributed by atoms with E-state index in [1.807, 2.05) is 18.2 Å². The van der Waals surface area contributed by atoms with Gasteiger partial charge in [-0.3, -0.25) is 4.98 Å². The summed E-state index contributed by atoms with van der Waals surface area (Å²) in [4.78, 5) is 16.7. The highest BCUT2D eigenvalue weighted by Gasteiger charge is 2.30. The number of rotatable bonds is 2. The Balaban J connectivity index is 2.40. The topological polar surface area (TPSA) is 50.2 Å². The van der Waals surface area contributed by atoms with Crippen molar-refractivity contribution < 1.29 is 9.90 Å². The fourth-order valence-corrected chi connectivity index (χ4v) is 3.85. The van der Waals surface area contributed by atoms with E-state index in [4.69, 9.17) is 4.98 Å². The quantitative estimate of drug-likeness (QED) is 0.850. The van der Waals surface area contributed by atoms with Crippen molar-refractivity contribution in [2.24, 2.45) is 5.92 Å². The number of nitrogens with zero attached hydrogens (tertiary/aromatic N) is 1. The van der Waals surface area contributed by atoms with Crippen LogP contribution >= 0.6 is 15.9 Å². The standard InChI is InChI=1S/C17H18BrNO2/c1-9(2)10-5-3-6-11-14(17(20)21)12-7-4-8-13(18)16(12)19-15(10)11/h4,7-10H,3,5-6H2,1-2H3,(H,20,21). The van der Waals surface area contributed by atoms with Crippen LogP contribution in [0.15, 0.2) is 22.7 Å². The van der Waals surface area contributed by atoms with Gasteiger partial charge in [0.1, 0.15) is 0 Å². The number of fused-ring (bicyclic) bond motifs is 2. The summed E-state index contributed by atoms with van der Waals surface area (Å²) in [5.74, 6) is -0.0253. The maximum absolute atomic E-state index is 11.8. The lowest BCUT2D eigenvalue weighted by Crippen LogP contribution is -2.20. The van der Waals surface area contributed by atoms with E-state index in [0.29, 0.717) is 17.4 Å². The van der Waals surface area contributed by atoms with Gasteiger partial charge in [-0.15, -0.1) is 0 Å². The molecular formula is C17H18BrNO2. The first-order valence-electron chi connectivity index (χ1n) is 7.35. The molecule has 0 fully saturated rings. The van der Waals surface area contributed by atoms with Gasteiger partial charge in [0.15, 0.2) is 0 Å². The van der Waals surface area contributed by atoms with Crippen LogP contribution in [0.1, 0.15) is 54.2 Å². The highest BCUT2D eigenvalue weighted by molar-refractivity contribution is 9.10. The molecule has 0 saturated carbocycles. The van der Waals surface area contributed by atoms with Gasteiger partial charge >= 0.3 is 5.97 Å². The summed E-state index contributed by atoms with van der Waals surface area (Å²) in [6.45, 7) is 4.37. The third-order valence-electron chi connectivity index (χ3n) is 4.41. The van der Waals surface area contributed by atoms with Crippen molar-refractivity contribution in [3.63, 3.8) is 0 Å². The number of carbonyl (C=O) groups is 1. The zero-order valence-corrected chi connectivity index (χ0v) is 13.8. The fourth-order valence-electron chi connectivity index (χ4n) is 3.40. The molecule has 0 spiro atoms. The number of carboxylic acids is 1. The van der Waals surface area contributed by atoms with Crippen molar-refractivity contribution >= 4 is 32.8 Å². The SMILES string of the molecule is CC(C)C1CCCc2c1nc1c(Br)cccc1c2C(=O)O. The van der Waals surface area contributed by atoms with Crippen LogP contribution in [-0.4, -0.2) is 16.1 Å². The van der Waals surface area contributed by atoms with Crippen LogP contribution in [0.3, 0.4) is 0 Å². The lowest BCUT2D eigenvalue weighted by Gasteiger charge is -2.29. The van der Waals surface area contributed by atoms with Crippen LogP contribution < -0.4 is 0 Å². The van der Waals surface area contributed by atoms with E-state index in [9.17, 15) is 9.90 Å². The molecule has 1 aliphatic rings. The molecule has 4 heteroatoms. The Kier molecular flexibility index (Phi) is 3.74. The van der Waals surface area contributed by atoms with E-state index >= 15 is 0 Å². The van der Waals surface area contributed by atoms with Gasteiger partial charge in [-0.2, -0.15) is 0 Å². The molecular weight excluding hydrogens is 330 g/mol. The van der Waals surface area contributed by atoms with Gasteiger partial charge in [-0.05, 0) is 52.7 Å². The molecule has 1 aromatic carbocycles. The minimum absolute atomic E-state index is 0.350. The van der Waals surface area contributed by atoms with Crippen molar-refractivity contribution in [2.45, 2.75) is 39.0 Å². The van der Waals surface area contributed by atoms with Crippen molar-refractivity contribution in [3.05, 3.63) is 39.5 Å². The van der Waals surface area contributed by atoms with Crippen LogP contribution in [-0.2, 0) is 6.42 Å². The number of hydrogen-bond donors (Lipinski definition) is 1. The number of aromatic carboxylic acids is 1. The molecule has 21 heavy (non-hydrogen) atoms. The third kappa shape index (κ3) is 2.35. The molecule has 0 aliphatic heterocycles. The molecule has 1 heterocycles. The lowest BCUT2D eigenvalue weighted by molar-refractivity contribution is 0.0697. The van der Waals surface area contributed by atoms with E-state index in [0.717, 1.165) is 45.9 Å². The number of hydrogen-bond acceptors (Lipinski definition) is 2. The molecule has 0 radical (unpaired) electrons. The van der Waals surface area contributed by atoms with Crippen LogP contribution in [0, 0.1) is 5.92 Å². The highest BCUT2D eigenvalue weighted by Crippen LogP contribution is 2.40. The maximum atomic E-state index is 11.8. The van der Waals surface area contributed by atoms with Crippen LogP contribution in [0.5, 0.6) is 0 Å². The first-order valence-corrected chi connectivity index (χ1v) is 8.14. The third-order valence-corrected chi connectivity index (χ3v) is 5.05. The minimum atomic E-state index is -0.846. The number of halogens is 1. The second kappa shape index (κ2) is 5.41. The highest BCUT2D eigenvalue weighted by atomic mass is 79.9. The molecule has 3 nitrogen and oxygen atoms in total. The Labute approximate surface area is 132 Å². The van der Waals surface area contributed by atoms with Crippen molar-refractivity contribution in [1.29, 1.82) is 0 Å². The molecule has 1 aromatic heterocycles. The summed E-state index contributed by atoms with van der Waals surface area (Å²) in [7, 11) is 0. The Morgan fingerprint density at radius 1 is 1.43 bits per heavy atom. The molecule has 0 amide bonds. The smallest absolute Gasteiger partial charge is 0.336 e. The summed E-state index contributed by atoms with van der Waals surface area (Å²) in [6, 6.07) is 5.64. The van der Waals surface area contributed by atoms with Crippen LogP contribution in [0.25, 0.3) is 10.9 Å². The van der Waals surface area contributed by atoms with Gasteiger partial charge in [0.2, 0.25) is 0 Å². The van der Waals surface area contributed by atoms with E-state index < -0.39 is 5.97 Å². The van der Waals surface area contributed by atoms with E-state index in [1.165, 1.54) is 0 Å². The second-order valence-electron chi connectivity index (χ2n) is 6.03. The van der Waals surface area contributed by atoms with Gasteiger partial charge in [0.25, 0.3) is 0 Å². The summed E-state index contributed by atoms with van der Waals surface area (Å²) in [5.41, 5.74) is 3.15. The van der Waals surface area contributed by atoms with Gasteiger partial charge < -0.3 is 5.11 Å². The molecule has 1 unspecified atom stereocenters. The second-order valence-corrected chi connectivity index (χ2v) is 6.89. The number of carboxylic acid groups (broad SMARTS) is 1. The lowest BCUT2D eigenvalue weighted by atomic mass is 9.78. The average molecular weight is 348 g/mol. The number of para-hydroxylation sites is 1. The molecule has 1 atom stereocenters. The zero-order valence-electron chi connectivity index (χ0n) is 12.2. The zero-order chi connectivity index (χ0) is 15.1. The first kappa shape index (κ1) is 14.5. The van der Waals surface area contributed by atoms with Gasteiger partial charge in [-0.25, -0.2) is 4.79 Å². The minimum Gasteiger partial charge on any atom is -0.478 e. The number of benzene rings is 1. The Bertz CT molecular complexity index is 724. The molecule has 3 rings (SSSR count). The Morgan fingerprint density at radius 2 is 2.19 bits per heavy atom. The molecule has 0 bridgehead atoms. The normalized spacial score (nSPS) is 18.0. The Morgan fingerprint density at radius 3 is 2.86 bits per heavy atom. The van der Waals surface area contributed by atoms with Crippen LogP contribution in [0.4, 0.5) is 0 Å². The molecule has 1 N–H and O–H groups in total. The van der Waals surface area contributed by atoms with E-state index in [1.54, 1.807) is 0 Å². The summed E-state index contributed by atoms with van der Waals surface area (Å²) in [6.07, 6.45) is 2.94. The summed E-state index contributed by atoms with van der Waals surface area (Å²) < 4.78 is 0.860. The van der Waals surface area contributed by atoms with Crippen molar-refractivity contribution in [3.8, 4) is 0 Å². The largest absolute Gasteiger partial charge is 0.478 e. The predicted molar refractivity (Wildman–Crippen MR) is 86.9 cm³/mol. The van der Waals surface area contributed by atoms with Crippen molar-refractivity contribution in [1.82, 2.24) is 4.98 Å². The summed E-state index contributed by atoms with van der Waals surface area (Å²) in [5, 5.41) is 10.4. The van der Waals surface area contributed by atoms with Crippen LogP contribution in [0.2, 0.25) is 0 Å². The molecule has 0 saturated heterocycles. The number of pyridine rings is 1.